The van der Waals surface area contributed by atoms with Crippen LogP contribution in [0.1, 0.15) is 275 Å². The van der Waals surface area contributed by atoms with Crippen LogP contribution in [0.4, 0.5) is 0 Å². The van der Waals surface area contributed by atoms with Gasteiger partial charge in [-0.2, -0.15) is 0 Å². The largest absolute Gasteiger partial charge is 0.460 e. The zero-order chi connectivity index (χ0) is 72.9. The average Bonchev–Trinajstić information content (AvgIpc) is 0.776. The van der Waals surface area contributed by atoms with E-state index in [-0.39, 0.29) is 48.0 Å². The van der Waals surface area contributed by atoms with Gasteiger partial charge in [-0.05, 0) is 228 Å². The Balaban J connectivity index is 1.61. The first-order valence-corrected chi connectivity index (χ1v) is 38.9. The Labute approximate surface area is 577 Å². The molecule has 0 saturated carbocycles. The van der Waals surface area contributed by atoms with E-state index in [0.29, 0.717) is 96.2 Å². The maximum absolute atomic E-state index is 15.5. The summed E-state index contributed by atoms with van der Waals surface area (Å²) in [5, 5.41) is 0. The lowest BCUT2D eigenvalue weighted by molar-refractivity contribution is -0.210. The molecule has 534 valence electrons. The molecule has 0 radical (unpaired) electrons. The summed E-state index contributed by atoms with van der Waals surface area (Å²) in [5.74, 6) is -1.37. The van der Waals surface area contributed by atoms with Crippen molar-refractivity contribution in [3.8, 4) is 0 Å². The topological polar surface area (TPSA) is 192 Å². The van der Waals surface area contributed by atoms with Gasteiger partial charge in [-0.1, -0.05) is 112 Å². The maximum atomic E-state index is 15.5. The second kappa shape index (κ2) is 34.2. The lowest BCUT2D eigenvalue weighted by atomic mass is 9.63. The third-order valence-corrected chi connectivity index (χ3v) is 25.5. The van der Waals surface area contributed by atoms with Crippen LogP contribution in [0, 0.1) is 88.5 Å². The van der Waals surface area contributed by atoms with Crippen LogP contribution < -0.4 is 0 Å². The second-order valence-corrected chi connectivity index (χ2v) is 35.4. The molecule has 5 unspecified atom stereocenters. The van der Waals surface area contributed by atoms with E-state index in [1.54, 1.807) is 69.2 Å². The number of carbonyl (C=O) groups is 6. The van der Waals surface area contributed by atoms with Gasteiger partial charge in [0.05, 0.1) is 55.6 Å². The molecule has 4 aromatic rings. The Bertz CT molecular complexity index is 3320. The van der Waals surface area contributed by atoms with Gasteiger partial charge < -0.3 is 37.6 Å². The Kier molecular flexibility index (Phi) is 29.7. The van der Waals surface area contributed by atoms with Crippen molar-refractivity contribution in [1.82, 2.24) is 0 Å². The molecular weight excluding hydrogens is 1250 g/mol. The molecule has 0 saturated heterocycles. The fraction of sp³-hybridized carbons (Fsp3) is 0.625. The molecule has 0 aliphatic rings. The molecule has 0 amide bonds. The summed E-state index contributed by atoms with van der Waals surface area (Å²) in [5.41, 5.74) is 1.48. The minimum atomic E-state index is -4.47. The zero-order valence-electron chi connectivity index (χ0n) is 63.5. The third-order valence-electron chi connectivity index (χ3n) is 20.2. The zero-order valence-corrected chi connectivity index (χ0v) is 65.3. The summed E-state index contributed by atoms with van der Waals surface area (Å²) >= 11 is 0. The molecule has 0 bridgehead atoms. The molecule has 96 heavy (non-hydrogen) atoms. The van der Waals surface area contributed by atoms with E-state index in [9.17, 15) is 28.8 Å². The second-order valence-electron chi connectivity index (χ2n) is 29.9. The molecule has 16 heteroatoms. The predicted octanol–water partition coefficient (Wildman–Crippen LogP) is 19.9. The summed E-state index contributed by atoms with van der Waals surface area (Å²) in [6, 6.07) is 14.7. The van der Waals surface area contributed by atoms with Crippen molar-refractivity contribution in [3.63, 3.8) is 0 Å². The highest BCUT2D eigenvalue weighted by Gasteiger charge is 2.53. The molecule has 0 aromatic heterocycles. The van der Waals surface area contributed by atoms with Gasteiger partial charge in [-0.25, -0.2) is 0 Å². The number of hydrogen-bond acceptors (Lipinski definition) is 14. The highest BCUT2D eigenvalue weighted by atomic mass is 31.2. The molecule has 4 aromatic carbocycles. The number of aryl methyl sites for hydroxylation is 12. The minimum absolute atomic E-state index is 0.105. The van der Waals surface area contributed by atoms with Crippen molar-refractivity contribution in [2.45, 2.75) is 284 Å². The van der Waals surface area contributed by atoms with Crippen LogP contribution >= 0.6 is 14.3 Å². The van der Waals surface area contributed by atoms with Crippen molar-refractivity contribution < 1.29 is 66.3 Å². The average molecular weight is 1370 g/mol. The normalized spacial score (nSPS) is 15.2. The van der Waals surface area contributed by atoms with E-state index in [2.05, 4.69) is 48.5 Å². The summed E-state index contributed by atoms with van der Waals surface area (Å²) in [7, 11) is -8.93. The van der Waals surface area contributed by atoms with Gasteiger partial charge in [0.25, 0.3) is 0 Å². The van der Waals surface area contributed by atoms with Crippen molar-refractivity contribution in [2.75, 3.05) is 38.8 Å². The van der Waals surface area contributed by atoms with E-state index in [0.717, 1.165) is 41.5 Å². The van der Waals surface area contributed by atoms with Crippen LogP contribution in [0.2, 0.25) is 0 Å². The quantitative estimate of drug-likeness (QED) is 0.0302. The number of hydrogen-bond donors (Lipinski definition) is 0. The Morgan fingerprint density at radius 2 is 0.760 bits per heavy atom. The summed E-state index contributed by atoms with van der Waals surface area (Å²) < 4.78 is 70.8. The van der Waals surface area contributed by atoms with Gasteiger partial charge in [-0.3, -0.25) is 28.8 Å². The van der Waals surface area contributed by atoms with Crippen molar-refractivity contribution >= 4 is 48.3 Å². The van der Waals surface area contributed by atoms with Crippen LogP contribution in [-0.4, -0.2) is 107 Å². The first kappa shape index (κ1) is 83.2. The van der Waals surface area contributed by atoms with Crippen LogP contribution in [0.15, 0.2) is 48.5 Å². The highest BCUT2D eigenvalue weighted by molar-refractivity contribution is 7.95. The van der Waals surface area contributed by atoms with Crippen LogP contribution in [0.25, 0.3) is 0 Å². The Hall–Kier alpha value is -5.20. The molecular formula is C80H120O14P2. The standard InChI is InChI=1S/C80H120O14P2/c1-26-33-80(51-92-77(23,28-3)35-37-89-64(18)27-2,50-76(21,22)90-38-34-75(19,20)93-65(81)31-40-95(87,71(83)67-56(10)42-52(6)43-57(67)11)72(84)68-58(12)44-53(7)45-59(68)13)79(25,30-5)91-39-36-78(24,29-4)94-66(82)32-41-96(88,73(85)69-60(14)46-54(8)47-61(69)15)74(86)70-62(16)48-55(9)49-63(70)17/h42-49,64H,26-41,50-51H2,1-25H3. The number of ether oxygens (including phenoxy) is 6. The number of esters is 2. The number of rotatable bonds is 40. The van der Waals surface area contributed by atoms with Crippen molar-refractivity contribution in [2.24, 2.45) is 5.41 Å². The van der Waals surface area contributed by atoms with Crippen molar-refractivity contribution in [3.05, 3.63) is 138 Å². The van der Waals surface area contributed by atoms with E-state index in [4.69, 9.17) is 28.4 Å². The molecule has 0 fully saturated rings. The predicted molar refractivity (Wildman–Crippen MR) is 390 cm³/mol. The van der Waals surface area contributed by atoms with Gasteiger partial charge in [0, 0.05) is 59.4 Å². The van der Waals surface area contributed by atoms with Crippen LogP contribution in [0.5, 0.6) is 0 Å². The van der Waals surface area contributed by atoms with Crippen LogP contribution in [-0.2, 0) is 47.1 Å². The SMILES string of the molecule is CCCC(COC(C)(CC)CCOC(C)CC)(CC(C)(C)OCCC(C)(C)OC(=O)CCP(=O)(C(=O)c1c(C)cc(C)cc1C)C(=O)c1c(C)cc(C)cc1C)C(C)(CC)OCCC(C)(CC)OC(=O)CCP(=O)(C(=O)c1c(C)cc(C)cc1C)C(=O)c1c(C)cc(C)cc1C. The Morgan fingerprint density at radius 3 is 1.09 bits per heavy atom. The lowest BCUT2D eigenvalue weighted by Gasteiger charge is -2.52. The number of carbonyl (C=O) groups excluding carboxylic acids is 6. The molecule has 0 aliphatic carbocycles. The molecule has 0 spiro atoms. The van der Waals surface area contributed by atoms with Gasteiger partial charge in [0.2, 0.25) is 36.4 Å². The minimum Gasteiger partial charge on any atom is -0.460 e. The molecule has 4 rings (SSSR count). The molecule has 5 atom stereocenters. The maximum Gasteiger partial charge on any atom is 0.306 e. The smallest absolute Gasteiger partial charge is 0.306 e. The van der Waals surface area contributed by atoms with Gasteiger partial charge in [0.1, 0.15) is 11.2 Å². The van der Waals surface area contributed by atoms with Crippen molar-refractivity contribution in [1.29, 1.82) is 0 Å². The van der Waals surface area contributed by atoms with E-state index in [1.807, 2.05) is 104 Å². The van der Waals surface area contributed by atoms with Gasteiger partial charge in [-0.15, -0.1) is 0 Å². The Morgan fingerprint density at radius 1 is 0.417 bits per heavy atom. The molecule has 14 nitrogen and oxygen atoms in total. The lowest BCUT2D eigenvalue weighted by Crippen LogP contribution is -2.55. The number of benzene rings is 4. The fourth-order valence-corrected chi connectivity index (χ4v) is 19.1. The summed E-state index contributed by atoms with van der Waals surface area (Å²) in [4.78, 5) is 87.1. The molecule has 0 N–H and O–H groups in total. The monoisotopic (exact) mass is 1370 g/mol. The molecule has 0 aliphatic heterocycles. The van der Waals surface area contributed by atoms with Crippen LogP contribution in [0.3, 0.4) is 0 Å². The first-order chi connectivity index (χ1) is 44.4. The van der Waals surface area contributed by atoms with E-state index in [1.165, 1.54) is 0 Å². The van der Waals surface area contributed by atoms with Gasteiger partial charge >= 0.3 is 11.9 Å². The van der Waals surface area contributed by atoms with E-state index >= 15 is 9.13 Å². The third kappa shape index (κ3) is 20.9. The summed E-state index contributed by atoms with van der Waals surface area (Å²) in [6.45, 7) is 49.3. The summed E-state index contributed by atoms with van der Waals surface area (Å²) in [6.07, 6.45) is 4.08. The van der Waals surface area contributed by atoms with Gasteiger partial charge in [0.15, 0.2) is 0 Å². The fourth-order valence-electron chi connectivity index (χ4n) is 14.0. The molecule has 0 heterocycles. The van der Waals surface area contributed by atoms with E-state index < -0.39 is 107 Å². The first-order valence-electron chi connectivity index (χ1n) is 35.1. The highest BCUT2D eigenvalue weighted by Crippen LogP contribution is 2.56.